The molecular formula is C13H25NO. The summed E-state index contributed by atoms with van der Waals surface area (Å²) >= 11 is 0. The van der Waals surface area contributed by atoms with Crippen LogP contribution >= 0.6 is 0 Å². The molecule has 0 bridgehead atoms. The highest BCUT2D eigenvalue weighted by molar-refractivity contribution is 4.90. The van der Waals surface area contributed by atoms with Crippen LogP contribution < -0.4 is 5.32 Å². The highest BCUT2D eigenvalue weighted by Crippen LogP contribution is 2.44. The van der Waals surface area contributed by atoms with Crippen LogP contribution in [0.2, 0.25) is 0 Å². The van der Waals surface area contributed by atoms with E-state index in [0.29, 0.717) is 5.41 Å². The van der Waals surface area contributed by atoms with Crippen LogP contribution in [0.5, 0.6) is 0 Å². The zero-order valence-corrected chi connectivity index (χ0v) is 9.97. The van der Waals surface area contributed by atoms with E-state index >= 15 is 0 Å². The molecule has 0 radical (unpaired) electrons. The average Bonchev–Trinajstić information content (AvgIpc) is 2.73. The number of hydrogen-bond donors (Lipinski definition) is 2. The Kier molecular flexibility index (Phi) is 3.68. The highest BCUT2D eigenvalue weighted by Gasteiger charge is 2.36. The summed E-state index contributed by atoms with van der Waals surface area (Å²) in [5.41, 5.74) is 0.563. The molecular weight excluding hydrogens is 186 g/mol. The molecule has 0 aromatic heterocycles. The fourth-order valence-corrected chi connectivity index (χ4v) is 2.64. The molecule has 2 nitrogen and oxygen atoms in total. The van der Waals surface area contributed by atoms with Crippen LogP contribution in [-0.4, -0.2) is 24.3 Å². The zero-order chi connectivity index (χ0) is 10.7. The molecule has 2 fully saturated rings. The quantitative estimate of drug-likeness (QED) is 0.706. The van der Waals surface area contributed by atoms with Crippen molar-refractivity contribution in [1.82, 2.24) is 5.32 Å². The lowest BCUT2D eigenvalue weighted by Gasteiger charge is -2.17. The van der Waals surface area contributed by atoms with Crippen molar-refractivity contribution < 1.29 is 5.11 Å². The smallest absolute Gasteiger partial charge is 0.0667 e. The van der Waals surface area contributed by atoms with Crippen molar-refractivity contribution in [2.24, 2.45) is 11.3 Å². The fourth-order valence-electron chi connectivity index (χ4n) is 2.64. The van der Waals surface area contributed by atoms with Crippen LogP contribution in [0.3, 0.4) is 0 Å². The molecule has 0 aromatic rings. The minimum atomic E-state index is -0.115. The Morgan fingerprint density at radius 2 is 2.00 bits per heavy atom. The summed E-state index contributed by atoms with van der Waals surface area (Å²) in [5.74, 6) is 0.804. The number of nitrogens with one attached hydrogen (secondary N) is 1. The second-order valence-electron chi connectivity index (χ2n) is 5.98. The van der Waals surface area contributed by atoms with E-state index in [9.17, 15) is 5.11 Å². The maximum Gasteiger partial charge on any atom is 0.0667 e. The van der Waals surface area contributed by atoms with Crippen molar-refractivity contribution in [3.8, 4) is 0 Å². The van der Waals surface area contributed by atoms with Crippen LogP contribution in [0.25, 0.3) is 0 Å². The minimum Gasteiger partial charge on any atom is -0.392 e. The lowest BCUT2D eigenvalue weighted by atomic mass is 10.00. The first-order valence-electron chi connectivity index (χ1n) is 6.57. The third-order valence-corrected chi connectivity index (χ3v) is 4.12. The molecule has 2 heteroatoms. The van der Waals surface area contributed by atoms with Gasteiger partial charge < -0.3 is 10.4 Å². The van der Waals surface area contributed by atoms with E-state index in [4.69, 9.17) is 0 Å². The van der Waals surface area contributed by atoms with Gasteiger partial charge in [-0.25, -0.2) is 0 Å². The van der Waals surface area contributed by atoms with Gasteiger partial charge in [-0.3, -0.25) is 0 Å². The Hall–Kier alpha value is -0.0800. The lowest BCUT2D eigenvalue weighted by Crippen LogP contribution is -2.31. The number of aliphatic hydroxyl groups excluding tert-OH is 1. The summed E-state index contributed by atoms with van der Waals surface area (Å²) in [5, 5.41) is 13.3. The molecule has 0 saturated heterocycles. The molecule has 1 unspecified atom stereocenters. The van der Waals surface area contributed by atoms with Gasteiger partial charge in [0.15, 0.2) is 0 Å². The normalized spacial score (nSPS) is 26.8. The summed E-state index contributed by atoms with van der Waals surface area (Å²) < 4.78 is 0. The van der Waals surface area contributed by atoms with E-state index < -0.39 is 0 Å². The third-order valence-electron chi connectivity index (χ3n) is 4.12. The SMILES string of the molecule is CC1(CNCC(O)CC2CCCC2)CC1. The zero-order valence-electron chi connectivity index (χ0n) is 9.97. The van der Waals surface area contributed by atoms with Crippen LogP contribution in [0.1, 0.15) is 51.9 Å². The van der Waals surface area contributed by atoms with Crippen LogP contribution in [-0.2, 0) is 0 Å². The van der Waals surface area contributed by atoms with Gasteiger partial charge in [-0.1, -0.05) is 32.6 Å². The molecule has 2 N–H and O–H groups in total. The maximum absolute atomic E-state index is 9.86. The van der Waals surface area contributed by atoms with Gasteiger partial charge in [-0.15, -0.1) is 0 Å². The predicted octanol–water partition coefficient (Wildman–Crippen LogP) is 2.32. The Bertz CT molecular complexity index is 195. The van der Waals surface area contributed by atoms with Crippen LogP contribution in [0.15, 0.2) is 0 Å². The van der Waals surface area contributed by atoms with Crippen molar-refractivity contribution in [3.63, 3.8) is 0 Å². The molecule has 88 valence electrons. The Balaban J connectivity index is 1.53. The largest absolute Gasteiger partial charge is 0.392 e. The molecule has 1 atom stereocenters. The number of hydrogen-bond acceptors (Lipinski definition) is 2. The van der Waals surface area contributed by atoms with Gasteiger partial charge in [0.1, 0.15) is 0 Å². The first kappa shape index (κ1) is 11.4. The van der Waals surface area contributed by atoms with Crippen molar-refractivity contribution in [1.29, 1.82) is 0 Å². The van der Waals surface area contributed by atoms with Crippen molar-refractivity contribution >= 4 is 0 Å². The van der Waals surface area contributed by atoms with Gasteiger partial charge in [-0.2, -0.15) is 0 Å². The van der Waals surface area contributed by atoms with E-state index in [1.165, 1.54) is 38.5 Å². The van der Waals surface area contributed by atoms with Gasteiger partial charge >= 0.3 is 0 Å². The molecule has 0 spiro atoms. The first-order valence-corrected chi connectivity index (χ1v) is 6.57. The van der Waals surface area contributed by atoms with Gasteiger partial charge in [-0.05, 0) is 30.6 Å². The molecule has 2 aliphatic carbocycles. The van der Waals surface area contributed by atoms with Crippen molar-refractivity contribution in [2.45, 2.75) is 58.0 Å². The lowest BCUT2D eigenvalue weighted by molar-refractivity contribution is 0.139. The van der Waals surface area contributed by atoms with E-state index in [2.05, 4.69) is 12.2 Å². The third kappa shape index (κ3) is 3.76. The second kappa shape index (κ2) is 4.84. The predicted molar refractivity (Wildman–Crippen MR) is 62.8 cm³/mol. The Labute approximate surface area is 93.5 Å². The maximum atomic E-state index is 9.86. The molecule has 0 amide bonds. The molecule has 2 aliphatic rings. The molecule has 15 heavy (non-hydrogen) atoms. The summed E-state index contributed by atoms with van der Waals surface area (Å²) in [6.07, 6.45) is 9.06. The Morgan fingerprint density at radius 3 is 2.60 bits per heavy atom. The molecule has 2 saturated carbocycles. The van der Waals surface area contributed by atoms with Crippen molar-refractivity contribution in [2.75, 3.05) is 13.1 Å². The number of aliphatic hydroxyl groups is 1. The van der Waals surface area contributed by atoms with Crippen LogP contribution in [0, 0.1) is 11.3 Å². The van der Waals surface area contributed by atoms with E-state index in [-0.39, 0.29) is 6.10 Å². The summed E-state index contributed by atoms with van der Waals surface area (Å²) in [6.45, 7) is 4.21. The topological polar surface area (TPSA) is 32.3 Å². The summed E-state index contributed by atoms with van der Waals surface area (Å²) in [7, 11) is 0. The molecule has 0 aromatic carbocycles. The van der Waals surface area contributed by atoms with Crippen molar-refractivity contribution in [3.05, 3.63) is 0 Å². The first-order chi connectivity index (χ1) is 7.18. The monoisotopic (exact) mass is 211 g/mol. The highest BCUT2D eigenvalue weighted by atomic mass is 16.3. The average molecular weight is 211 g/mol. The second-order valence-corrected chi connectivity index (χ2v) is 5.98. The minimum absolute atomic E-state index is 0.115. The van der Waals surface area contributed by atoms with E-state index in [0.717, 1.165) is 25.4 Å². The summed E-state index contributed by atoms with van der Waals surface area (Å²) in [4.78, 5) is 0. The van der Waals surface area contributed by atoms with Gasteiger partial charge in [0, 0.05) is 13.1 Å². The molecule has 0 heterocycles. The summed E-state index contributed by atoms with van der Waals surface area (Å²) in [6, 6.07) is 0. The Morgan fingerprint density at radius 1 is 1.33 bits per heavy atom. The van der Waals surface area contributed by atoms with E-state index in [1.54, 1.807) is 0 Å². The van der Waals surface area contributed by atoms with Gasteiger partial charge in [0.05, 0.1) is 6.10 Å². The fraction of sp³-hybridized carbons (Fsp3) is 1.00. The molecule has 0 aliphatic heterocycles. The van der Waals surface area contributed by atoms with Gasteiger partial charge in [0.2, 0.25) is 0 Å². The van der Waals surface area contributed by atoms with E-state index in [1.807, 2.05) is 0 Å². The van der Waals surface area contributed by atoms with Gasteiger partial charge in [0.25, 0.3) is 0 Å². The molecule has 2 rings (SSSR count). The van der Waals surface area contributed by atoms with Crippen LogP contribution in [0.4, 0.5) is 0 Å². The number of rotatable bonds is 6. The standard InChI is InChI=1S/C13H25NO/c1-13(6-7-13)10-14-9-12(15)8-11-4-2-3-5-11/h11-12,14-15H,2-10H2,1H3.